The van der Waals surface area contributed by atoms with Crippen molar-refractivity contribution in [2.45, 2.75) is 33.7 Å². The Morgan fingerprint density at radius 1 is 1.16 bits per heavy atom. The summed E-state index contributed by atoms with van der Waals surface area (Å²) in [4.78, 5) is 4.23. The fraction of sp³-hybridized carbons (Fsp3) is 0.474. The molecule has 1 aromatic carbocycles. The molecule has 2 N–H and O–H groups in total. The van der Waals surface area contributed by atoms with Crippen molar-refractivity contribution in [1.29, 1.82) is 0 Å². The molecule has 0 atom stereocenters. The standard InChI is InChI=1S/C19H29N5O/c1-15-8-5-6-9-18(15)25-13-11-22-19(20-4)21-10-7-12-24-17(3)14-16(2)23-24/h5-6,8-9,14H,7,10-13H2,1-4H3,(H2,20,21,22). The van der Waals surface area contributed by atoms with Crippen molar-refractivity contribution >= 4 is 5.96 Å². The predicted octanol–water partition coefficient (Wildman–Crippen LogP) is 2.44. The van der Waals surface area contributed by atoms with Gasteiger partial charge in [-0.3, -0.25) is 9.67 Å². The minimum atomic E-state index is 0.595. The van der Waals surface area contributed by atoms with Gasteiger partial charge >= 0.3 is 0 Å². The minimum absolute atomic E-state index is 0.595. The van der Waals surface area contributed by atoms with E-state index in [9.17, 15) is 0 Å². The Morgan fingerprint density at radius 2 is 1.92 bits per heavy atom. The lowest BCUT2D eigenvalue weighted by Gasteiger charge is -2.13. The Kier molecular flexibility index (Phi) is 7.32. The first kappa shape index (κ1) is 18.8. The first-order valence-corrected chi connectivity index (χ1v) is 8.74. The fourth-order valence-electron chi connectivity index (χ4n) is 2.61. The van der Waals surface area contributed by atoms with Crippen molar-refractivity contribution in [2.24, 2.45) is 4.99 Å². The number of benzene rings is 1. The van der Waals surface area contributed by atoms with Gasteiger partial charge in [-0.25, -0.2) is 0 Å². The monoisotopic (exact) mass is 343 g/mol. The zero-order valence-electron chi connectivity index (χ0n) is 15.7. The van der Waals surface area contributed by atoms with Crippen molar-refractivity contribution in [3.8, 4) is 5.75 Å². The third-order valence-electron chi connectivity index (χ3n) is 3.91. The van der Waals surface area contributed by atoms with Crippen LogP contribution in [0.2, 0.25) is 0 Å². The zero-order chi connectivity index (χ0) is 18.1. The molecule has 25 heavy (non-hydrogen) atoms. The van der Waals surface area contributed by atoms with Crippen LogP contribution in [0.4, 0.5) is 0 Å². The molecule has 0 fully saturated rings. The molecule has 2 rings (SSSR count). The first-order chi connectivity index (χ1) is 12.1. The van der Waals surface area contributed by atoms with E-state index in [1.54, 1.807) is 7.05 Å². The zero-order valence-corrected chi connectivity index (χ0v) is 15.7. The summed E-state index contributed by atoms with van der Waals surface area (Å²) >= 11 is 0. The van der Waals surface area contributed by atoms with E-state index in [0.29, 0.717) is 13.2 Å². The van der Waals surface area contributed by atoms with Crippen LogP contribution in [0.25, 0.3) is 0 Å². The molecule has 0 amide bonds. The van der Waals surface area contributed by atoms with Crippen molar-refractivity contribution < 1.29 is 4.74 Å². The van der Waals surface area contributed by atoms with Gasteiger partial charge in [0.05, 0.1) is 12.2 Å². The van der Waals surface area contributed by atoms with E-state index >= 15 is 0 Å². The van der Waals surface area contributed by atoms with Crippen LogP contribution in [-0.2, 0) is 6.54 Å². The third-order valence-corrected chi connectivity index (χ3v) is 3.91. The van der Waals surface area contributed by atoms with Crippen molar-refractivity contribution in [1.82, 2.24) is 20.4 Å². The average molecular weight is 343 g/mol. The lowest BCUT2D eigenvalue weighted by molar-refractivity contribution is 0.320. The lowest BCUT2D eigenvalue weighted by atomic mass is 10.2. The van der Waals surface area contributed by atoms with E-state index in [1.165, 1.54) is 5.69 Å². The molecule has 1 heterocycles. The SMILES string of the molecule is CN=C(NCCCn1nc(C)cc1C)NCCOc1ccccc1C. The van der Waals surface area contributed by atoms with Gasteiger partial charge in [0.25, 0.3) is 0 Å². The molecule has 136 valence electrons. The number of aliphatic imine (C=N–C) groups is 1. The van der Waals surface area contributed by atoms with E-state index in [-0.39, 0.29) is 0 Å². The van der Waals surface area contributed by atoms with E-state index in [0.717, 1.165) is 42.5 Å². The third kappa shape index (κ3) is 6.14. The van der Waals surface area contributed by atoms with E-state index in [4.69, 9.17) is 4.74 Å². The van der Waals surface area contributed by atoms with Gasteiger partial charge in [0.15, 0.2) is 5.96 Å². The number of hydrogen-bond acceptors (Lipinski definition) is 3. The quantitative estimate of drug-likeness (QED) is 0.439. The molecule has 0 unspecified atom stereocenters. The van der Waals surface area contributed by atoms with Gasteiger partial charge in [0, 0.05) is 25.8 Å². The highest BCUT2D eigenvalue weighted by atomic mass is 16.5. The van der Waals surface area contributed by atoms with Crippen LogP contribution in [-0.4, -0.2) is 42.5 Å². The number of para-hydroxylation sites is 1. The predicted molar refractivity (Wildman–Crippen MR) is 102 cm³/mol. The molecule has 6 heteroatoms. The molecule has 6 nitrogen and oxygen atoms in total. The van der Waals surface area contributed by atoms with Gasteiger partial charge in [-0.15, -0.1) is 0 Å². The number of guanidine groups is 1. The van der Waals surface area contributed by atoms with Crippen molar-refractivity contribution in [2.75, 3.05) is 26.7 Å². The molecule has 0 saturated carbocycles. The minimum Gasteiger partial charge on any atom is -0.491 e. The molecule has 0 saturated heterocycles. The summed E-state index contributed by atoms with van der Waals surface area (Å²) in [6.45, 7) is 9.19. The molecule has 2 aromatic rings. The van der Waals surface area contributed by atoms with Gasteiger partial charge in [0.2, 0.25) is 0 Å². The van der Waals surface area contributed by atoms with Crippen LogP contribution in [0.15, 0.2) is 35.3 Å². The lowest BCUT2D eigenvalue weighted by Crippen LogP contribution is -2.39. The molecular weight excluding hydrogens is 314 g/mol. The van der Waals surface area contributed by atoms with E-state index < -0.39 is 0 Å². The van der Waals surface area contributed by atoms with Gasteiger partial charge in [-0.1, -0.05) is 18.2 Å². The maximum atomic E-state index is 5.77. The molecule has 1 aromatic heterocycles. The Labute approximate surface area is 150 Å². The molecule has 0 aliphatic heterocycles. The highest BCUT2D eigenvalue weighted by molar-refractivity contribution is 5.79. The number of hydrogen-bond donors (Lipinski definition) is 2. The Bertz CT molecular complexity index is 693. The number of aromatic nitrogens is 2. The van der Waals surface area contributed by atoms with Gasteiger partial charge in [0.1, 0.15) is 12.4 Å². The average Bonchev–Trinajstić information content (AvgIpc) is 2.92. The molecule has 0 bridgehead atoms. The second kappa shape index (κ2) is 9.71. The van der Waals surface area contributed by atoms with Gasteiger partial charge in [-0.2, -0.15) is 5.10 Å². The van der Waals surface area contributed by atoms with E-state index in [2.05, 4.69) is 33.7 Å². The topological polar surface area (TPSA) is 63.5 Å². The largest absolute Gasteiger partial charge is 0.491 e. The van der Waals surface area contributed by atoms with Crippen LogP contribution in [0, 0.1) is 20.8 Å². The normalized spacial score (nSPS) is 11.4. The van der Waals surface area contributed by atoms with Crippen LogP contribution in [0.5, 0.6) is 5.75 Å². The highest BCUT2D eigenvalue weighted by Crippen LogP contribution is 2.15. The first-order valence-electron chi connectivity index (χ1n) is 8.74. The number of rotatable bonds is 8. The van der Waals surface area contributed by atoms with Crippen molar-refractivity contribution in [3.63, 3.8) is 0 Å². The summed E-state index contributed by atoms with van der Waals surface area (Å²) in [6.07, 6.45) is 0.988. The summed E-state index contributed by atoms with van der Waals surface area (Å²) in [5.74, 6) is 1.72. The summed E-state index contributed by atoms with van der Waals surface area (Å²) in [5, 5.41) is 11.1. The molecule has 0 radical (unpaired) electrons. The Morgan fingerprint density at radius 3 is 2.60 bits per heavy atom. The van der Waals surface area contributed by atoms with Crippen LogP contribution < -0.4 is 15.4 Å². The van der Waals surface area contributed by atoms with Crippen LogP contribution >= 0.6 is 0 Å². The molecule has 0 aliphatic carbocycles. The maximum absolute atomic E-state index is 5.77. The number of ether oxygens (including phenoxy) is 1. The molecule has 0 aliphatic rings. The van der Waals surface area contributed by atoms with E-state index in [1.807, 2.05) is 42.8 Å². The maximum Gasteiger partial charge on any atom is 0.191 e. The van der Waals surface area contributed by atoms with Crippen LogP contribution in [0.1, 0.15) is 23.4 Å². The Hall–Kier alpha value is -2.50. The molecule has 0 spiro atoms. The molecular formula is C19H29N5O. The highest BCUT2D eigenvalue weighted by Gasteiger charge is 2.02. The summed E-state index contributed by atoms with van der Waals surface area (Å²) in [5.41, 5.74) is 3.42. The van der Waals surface area contributed by atoms with Gasteiger partial charge in [-0.05, 0) is 44.9 Å². The second-order valence-electron chi connectivity index (χ2n) is 6.04. The summed E-state index contributed by atoms with van der Waals surface area (Å²) in [7, 11) is 1.78. The Balaban J connectivity index is 1.62. The smallest absolute Gasteiger partial charge is 0.191 e. The summed E-state index contributed by atoms with van der Waals surface area (Å²) < 4.78 is 7.82. The van der Waals surface area contributed by atoms with Gasteiger partial charge < -0.3 is 15.4 Å². The fourth-order valence-corrected chi connectivity index (χ4v) is 2.61. The van der Waals surface area contributed by atoms with Crippen molar-refractivity contribution in [3.05, 3.63) is 47.3 Å². The number of aryl methyl sites for hydroxylation is 4. The number of nitrogens with zero attached hydrogens (tertiary/aromatic N) is 3. The summed E-state index contributed by atoms with van der Waals surface area (Å²) in [6, 6.07) is 10.1. The van der Waals surface area contributed by atoms with Crippen LogP contribution in [0.3, 0.4) is 0 Å². The number of nitrogens with one attached hydrogen (secondary N) is 2. The second-order valence-corrected chi connectivity index (χ2v) is 6.04.